The summed E-state index contributed by atoms with van der Waals surface area (Å²) in [5, 5.41) is 23.2. The van der Waals surface area contributed by atoms with Crippen molar-refractivity contribution in [3.63, 3.8) is 0 Å². The summed E-state index contributed by atoms with van der Waals surface area (Å²) >= 11 is 0. The fourth-order valence-electron chi connectivity index (χ4n) is 4.24. The van der Waals surface area contributed by atoms with Crippen LogP contribution in [0.3, 0.4) is 0 Å². The summed E-state index contributed by atoms with van der Waals surface area (Å²) in [5.74, 6) is -0.179. The van der Waals surface area contributed by atoms with Gasteiger partial charge in [-0.15, -0.1) is 0 Å². The number of nitrogens with two attached hydrogens (primary N) is 1. The molecule has 152 valence electrons. The molecule has 0 saturated heterocycles. The minimum atomic E-state index is -3.94. The molecule has 1 saturated carbocycles. The molecule has 0 radical (unpaired) electrons. The summed E-state index contributed by atoms with van der Waals surface area (Å²) < 4.78 is 36.6. The maximum Gasteiger partial charge on any atom is 0.266 e. The average Bonchev–Trinajstić information content (AvgIpc) is 2.63. The van der Waals surface area contributed by atoms with Gasteiger partial charge in [-0.05, 0) is 43.2 Å². The second kappa shape index (κ2) is 8.32. The van der Waals surface area contributed by atoms with Crippen LogP contribution in [0, 0.1) is 5.92 Å². The zero-order chi connectivity index (χ0) is 19.6. The van der Waals surface area contributed by atoms with Gasteiger partial charge >= 0.3 is 0 Å². The Labute approximate surface area is 159 Å². The van der Waals surface area contributed by atoms with E-state index in [2.05, 4.69) is 5.32 Å². The number of hydrogen-bond acceptors (Lipinski definition) is 7. The van der Waals surface area contributed by atoms with Crippen molar-refractivity contribution >= 4 is 10.1 Å². The van der Waals surface area contributed by atoms with Gasteiger partial charge in [-0.25, -0.2) is 0 Å². The van der Waals surface area contributed by atoms with Crippen LogP contribution < -0.4 is 11.1 Å². The van der Waals surface area contributed by atoms with E-state index in [1.165, 1.54) is 6.07 Å². The second-order valence-electron chi connectivity index (χ2n) is 7.46. The molecule has 2 aliphatic rings. The van der Waals surface area contributed by atoms with Crippen molar-refractivity contribution in [3.05, 3.63) is 23.3 Å². The maximum atomic E-state index is 10.8. The van der Waals surface area contributed by atoms with Crippen molar-refractivity contribution in [3.8, 4) is 11.5 Å². The highest BCUT2D eigenvalue weighted by Gasteiger charge is 2.36. The molecule has 0 bridgehead atoms. The zero-order valence-corrected chi connectivity index (χ0v) is 16.0. The first-order valence-electron chi connectivity index (χ1n) is 9.36. The van der Waals surface area contributed by atoms with Crippen molar-refractivity contribution < 1.29 is 27.9 Å². The number of ether oxygens (including phenoxy) is 1. The fourth-order valence-corrected chi connectivity index (χ4v) is 4.61. The van der Waals surface area contributed by atoms with Gasteiger partial charge in [0.1, 0.15) is 0 Å². The highest BCUT2D eigenvalue weighted by molar-refractivity contribution is 7.85. The maximum absolute atomic E-state index is 10.8. The van der Waals surface area contributed by atoms with Crippen molar-refractivity contribution in [2.75, 3.05) is 18.8 Å². The molecule has 1 heterocycles. The summed E-state index contributed by atoms with van der Waals surface area (Å²) in [6.07, 6.45) is 3.79. The van der Waals surface area contributed by atoms with Crippen LogP contribution in [0.4, 0.5) is 0 Å². The SMILES string of the molecule is NCC1OC(C2CCC(NCCS(=O)(=O)O)CC2)Cc2c1ccc(O)c2O. The van der Waals surface area contributed by atoms with Gasteiger partial charge in [-0.2, -0.15) is 8.42 Å². The molecule has 6 N–H and O–H groups in total. The third kappa shape index (κ3) is 4.91. The lowest BCUT2D eigenvalue weighted by atomic mass is 9.78. The normalized spacial score (nSPS) is 28.7. The molecule has 1 aliphatic heterocycles. The highest BCUT2D eigenvalue weighted by Crippen LogP contribution is 2.43. The van der Waals surface area contributed by atoms with Gasteiger partial charge in [0.2, 0.25) is 0 Å². The lowest BCUT2D eigenvalue weighted by molar-refractivity contribution is -0.0609. The summed E-state index contributed by atoms with van der Waals surface area (Å²) in [5.41, 5.74) is 7.42. The molecule has 8 nitrogen and oxygen atoms in total. The number of aromatic hydroxyl groups is 2. The Morgan fingerprint density at radius 2 is 1.89 bits per heavy atom. The number of phenolic OH excluding ortho intramolecular Hbond substituents is 2. The van der Waals surface area contributed by atoms with E-state index in [0.29, 0.717) is 18.9 Å². The largest absolute Gasteiger partial charge is 0.504 e. The summed E-state index contributed by atoms with van der Waals surface area (Å²) in [7, 11) is -3.94. The van der Waals surface area contributed by atoms with Gasteiger partial charge in [0.15, 0.2) is 11.5 Å². The summed E-state index contributed by atoms with van der Waals surface area (Å²) in [4.78, 5) is 0. The van der Waals surface area contributed by atoms with Crippen molar-refractivity contribution in [2.24, 2.45) is 11.7 Å². The predicted octanol–water partition coefficient (Wildman–Crippen LogP) is 1.08. The van der Waals surface area contributed by atoms with E-state index in [1.54, 1.807) is 6.07 Å². The Morgan fingerprint density at radius 1 is 1.19 bits per heavy atom. The molecule has 1 aromatic carbocycles. The zero-order valence-electron chi connectivity index (χ0n) is 15.2. The van der Waals surface area contributed by atoms with E-state index in [9.17, 15) is 18.6 Å². The number of fused-ring (bicyclic) bond motifs is 1. The van der Waals surface area contributed by atoms with E-state index >= 15 is 0 Å². The first kappa shape index (κ1) is 20.3. The quantitative estimate of drug-likeness (QED) is 0.353. The molecular formula is C18H28N2O6S. The first-order chi connectivity index (χ1) is 12.8. The Bertz CT molecular complexity index is 761. The molecule has 1 fully saturated rings. The third-order valence-corrected chi connectivity index (χ3v) is 6.41. The second-order valence-corrected chi connectivity index (χ2v) is 9.03. The van der Waals surface area contributed by atoms with Gasteiger partial charge in [0, 0.05) is 31.1 Å². The molecule has 0 aromatic heterocycles. The molecule has 0 amide bonds. The van der Waals surface area contributed by atoms with Crippen LogP contribution in [-0.2, 0) is 21.3 Å². The monoisotopic (exact) mass is 400 g/mol. The molecule has 27 heavy (non-hydrogen) atoms. The minimum absolute atomic E-state index is 0.0717. The smallest absolute Gasteiger partial charge is 0.266 e. The highest BCUT2D eigenvalue weighted by atomic mass is 32.2. The Balaban J connectivity index is 1.59. The minimum Gasteiger partial charge on any atom is -0.504 e. The molecular weight excluding hydrogens is 372 g/mol. The lowest BCUT2D eigenvalue weighted by Gasteiger charge is -2.39. The molecule has 9 heteroatoms. The van der Waals surface area contributed by atoms with Gasteiger partial charge in [-0.1, -0.05) is 6.07 Å². The van der Waals surface area contributed by atoms with Gasteiger partial charge in [0.05, 0.1) is 18.0 Å². The third-order valence-electron chi connectivity index (χ3n) is 5.69. The number of hydrogen-bond donors (Lipinski definition) is 5. The van der Waals surface area contributed by atoms with E-state index in [1.807, 2.05) is 0 Å². The van der Waals surface area contributed by atoms with Crippen LogP contribution in [0.2, 0.25) is 0 Å². The Hall–Kier alpha value is -1.39. The van der Waals surface area contributed by atoms with Crippen LogP contribution in [0.1, 0.15) is 42.9 Å². The van der Waals surface area contributed by atoms with E-state index < -0.39 is 10.1 Å². The van der Waals surface area contributed by atoms with Gasteiger partial charge in [-0.3, -0.25) is 4.55 Å². The van der Waals surface area contributed by atoms with Crippen molar-refractivity contribution in [2.45, 2.75) is 50.4 Å². The van der Waals surface area contributed by atoms with Crippen LogP contribution in [0.25, 0.3) is 0 Å². The van der Waals surface area contributed by atoms with E-state index in [0.717, 1.165) is 36.8 Å². The number of phenols is 2. The van der Waals surface area contributed by atoms with Crippen LogP contribution in [0.5, 0.6) is 11.5 Å². The number of rotatable bonds is 6. The Kier molecular flexibility index (Phi) is 6.27. The molecule has 2 unspecified atom stereocenters. The topological polar surface area (TPSA) is 142 Å². The van der Waals surface area contributed by atoms with Crippen molar-refractivity contribution in [1.29, 1.82) is 0 Å². The summed E-state index contributed by atoms with van der Waals surface area (Å²) in [6, 6.07) is 3.44. The van der Waals surface area contributed by atoms with E-state index in [4.69, 9.17) is 15.0 Å². The van der Waals surface area contributed by atoms with Gasteiger partial charge in [0.25, 0.3) is 10.1 Å². The Morgan fingerprint density at radius 3 is 2.52 bits per heavy atom. The van der Waals surface area contributed by atoms with Gasteiger partial charge < -0.3 is 26.0 Å². The predicted molar refractivity (Wildman–Crippen MR) is 100 cm³/mol. The fraction of sp³-hybridized carbons (Fsp3) is 0.667. The lowest BCUT2D eigenvalue weighted by Crippen LogP contribution is -2.41. The molecule has 1 aromatic rings. The summed E-state index contributed by atoms with van der Waals surface area (Å²) in [6.45, 7) is 0.546. The van der Waals surface area contributed by atoms with Crippen LogP contribution in [-0.4, -0.2) is 54.2 Å². The van der Waals surface area contributed by atoms with Crippen LogP contribution >= 0.6 is 0 Å². The number of benzene rings is 1. The molecule has 1 aliphatic carbocycles. The average molecular weight is 400 g/mol. The first-order valence-corrected chi connectivity index (χ1v) is 11.0. The van der Waals surface area contributed by atoms with Crippen molar-refractivity contribution in [1.82, 2.24) is 5.32 Å². The number of nitrogens with one attached hydrogen (secondary N) is 1. The van der Waals surface area contributed by atoms with Crippen LogP contribution in [0.15, 0.2) is 12.1 Å². The van der Waals surface area contributed by atoms with E-state index in [-0.39, 0.29) is 42.0 Å². The molecule has 3 rings (SSSR count). The molecule has 0 spiro atoms. The molecule has 2 atom stereocenters. The standard InChI is InChI=1S/C18H28N2O6S/c19-10-17-13-5-6-15(21)18(22)14(13)9-16(26-17)11-1-3-12(4-2-11)20-7-8-27(23,24)25/h5-6,11-12,16-17,20-22H,1-4,7-10,19H2,(H,23,24,25).